The highest BCUT2D eigenvalue weighted by Crippen LogP contribution is 2.38. The summed E-state index contributed by atoms with van der Waals surface area (Å²) < 4.78 is 49.0. The number of aldehydes is 1. The van der Waals surface area contributed by atoms with Gasteiger partial charge in [-0.05, 0) is 97.1 Å². The van der Waals surface area contributed by atoms with Crippen LogP contribution < -0.4 is 52.4 Å². The molecule has 16 heteroatoms. The molecule has 6 aromatic carbocycles. The number of benzene rings is 6. The zero-order valence-corrected chi connectivity index (χ0v) is 38.6. The van der Waals surface area contributed by atoms with Crippen LogP contribution >= 0.6 is 0 Å². The number of anilines is 2. The van der Waals surface area contributed by atoms with Crippen molar-refractivity contribution in [3.05, 3.63) is 148 Å². The molecule has 68 heavy (non-hydrogen) atoms. The van der Waals surface area contributed by atoms with Crippen LogP contribution in [0.2, 0.25) is 0 Å². The molecule has 0 saturated heterocycles. The molecule has 0 radical (unpaired) electrons. The molecule has 0 aliphatic heterocycles. The first-order chi connectivity index (χ1) is 32.8. The van der Waals surface area contributed by atoms with Crippen LogP contribution in [0.4, 0.5) is 11.4 Å². The number of carbonyl (C=O) groups excluding carboxylic acids is 5. The van der Waals surface area contributed by atoms with Crippen LogP contribution in [0, 0.1) is 11.8 Å². The van der Waals surface area contributed by atoms with Gasteiger partial charge >= 0.3 is 11.9 Å². The van der Waals surface area contributed by atoms with Crippen molar-refractivity contribution in [2.45, 2.75) is 0 Å². The predicted octanol–water partition coefficient (Wildman–Crippen LogP) is 7.95. The Kier molecular flexibility index (Phi) is 15.5. The number of hydrogen-bond acceptors (Lipinski definition) is 14. The van der Waals surface area contributed by atoms with E-state index >= 15 is 0 Å². The summed E-state index contributed by atoms with van der Waals surface area (Å²) in [6.07, 6.45) is 0.552. The van der Waals surface area contributed by atoms with Crippen molar-refractivity contribution in [3.8, 4) is 63.6 Å². The minimum absolute atomic E-state index is 0.0783. The SMILES string of the molecule is COc1cc(C=O)c(C(=O)N(C)c2ccc(C(=O)Oc3ccc(C#Cc4ccc(OC(=O)c5ccc(N(C)C(=O)c6cc(OC)c(OC)cc6OC)c(OC)c5)cc4)cc3)cc2OC)cc1OC. The summed E-state index contributed by atoms with van der Waals surface area (Å²) in [5, 5.41) is 0. The smallest absolute Gasteiger partial charge is 0.343 e. The minimum atomic E-state index is -0.671. The maximum atomic E-state index is 13.6. The van der Waals surface area contributed by atoms with Gasteiger partial charge in [0, 0.05) is 42.9 Å². The van der Waals surface area contributed by atoms with Gasteiger partial charge in [0.25, 0.3) is 11.8 Å². The second-order valence-corrected chi connectivity index (χ2v) is 14.4. The topological polar surface area (TPSA) is 175 Å². The number of nitrogens with zero attached hydrogens (tertiary/aromatic N) is 2. The van der Waals surface area contributed by atoms with E-state index in [0.717, 1.165) is 0 Å². The molecule has 0 bridgehead atoms. The number of hydrogen-bond donors (Lipinski definition) is 0. The maximum Gasteiger partial charge on any atom is 0.343 e. The van der Waals surface area contributed by atoms with Gasteiger partial charge in [-0.15, -0.1) is 0 Å². The van der Waals surface area contributed by atoms with Crippen molar-refractivity contribution in [1.82, 2.24) is 0 Å². The Bertz CT molecular complexity index is 2940. The van der Waals surface area contributed by atoms with Crippen LogP contribution in [0.3, 0.4) is 0 Å². The van der Waals surface area contributed by atoms with E-state index in [-0.39, 0.29) is 62.3 Å². The number of esters is 2. The van der Waals surface area contributed by atoms with E-state index in [0.29, 0.717) is 46.0 Å². The molecule has 0 heterocycles. The van der Waals surface area contributed by atoms with Crippen molar-refractivity contribution in [3.63, 3.8) is 0 Å². The van der Waals surface area contributed by atoms with Crippen LogP contribution in [-0.4, -0.2) is 93.9 Å². The number of rotatable bonds is 16. The summed E-state index contributed by atoms with van der Waals surface area (Å²) >= 11 is 0. The fourth-order valence-electron chi connectivity index (χ4n) is 6.81. The van der Waals surface area contributed by atoms with Crippen molar-refractivity contribution in [1.29, 1.82) is 0 Å². The molecular formula is C52H46N2O14. The van der Waals surface area contributed by atoms with Gasteiger partial charge in [-0.3, -0.25) is 14.4 Å². The normalized spacial score (nSPS) is 10.3. The molecule has 348 valence electrons. The molecule has 0 spiro atoms. The quantitative estimate of drug-likeness (QED) is 0.0396. The summed E-state index contributed by atoms with van der Waals surface area (Å²) in [5.74, 6) is 6.43. The summed E-state index contributed by atoms with van der Waals surface area (Å²) in [6.45, 7) is 0. The van der Waals surface area contributed by atoms with Crippen LogP contribution in [-0.2, 0) is 0 Å². The molecule has 0 unspecified atom stereocenters. The second kappa shape index (κ2) is 21.8. The van der Waals surface area contributed by atoms with E-state index in [9.17, 15) is 24.0 Å². The molecule has 6 aromatic rings. The van der Waals surface area contributed by atoms with Crippen LogP contribution in [0.5, 0.6) is 51.7 Å². The fraction of sp³-hybridized carbons (Fsp3) is 0.173. The Labute approximate surface area is 392 Å². The summed E-state index contributed by atoms with van der Waals surface area (Å²) in [4.78, 5) is 68.1. The standard InChI is InChI=1S/C52H46N2O14/c1-53(49(56)38-27-46(64-7)45(63-6)26-35(38)30-55)40-22-16-33(24-43(40)61-4)51(58)67-36-18-12-31(13-19-36)10-11-32-14-20-37(21-15-32)68-52(59)34-17-23-41(44(25-34)62-5)54(2)50(57)39-28-47(65-8)48(66-9)29-42(39)60-3/h12-30H,1-9H3. The summed E-state index contributed by atoms with van der Waals surface area (Å²) in [7, 11) is 13.1. The zero-order valence-electron chi connectivity index (χ0n) is 38.6. The predicted molar refractivity (Wildman–Crippen MR) is 251 cm³/mol. The average Bonchev–Trinajstić information content (AvgIpc) is 3.38. The summed E-state index contributed by atoms with van der Waals surface area (Å²) in [6, 6.07) is 28.2. The monoisotopic (exact) mass is 922 g/mol. The van der Waals surface area contributed by atoms with E-state index in [4.69, 9.17) is 42.6 Å². The van der Waals surface area contributed by atoms with Gasteiger partial charge < -0.3 is 52.4 Å². The van der Waals surface area contributed by atoms with Crippen molar-refractivity contribution < 1.29 is 66.6 Å². The van der Waals surface area contributed by atoms with Crippen LogP contribution in [0.25, 0.3) is 0 Å². The van der Waals surface area contributed by atoms with Gasteiger partial charge in [0.05, 0.1) is 83.4 Å². The van der Waals surface area contributed by atoms with Crippen molar-refractivity contribution >= 4 is 41.4 Å². The molecule has 0 aliphatic rings. The highest BCUT2D eigenvalue weighted by Gasteiger charge is 2.26. The van der Waals surface area contributed by atoms with E-state index in [1.54, 1.807) is 67.7 Å². The Morgan fingerprint density at radius 2 is 0.794 bits per heavy atom. The fourth-order valence-corrected chi connectivity index (χ4v) is 6.81. The molecule has 6 rings (SSSR count). The molecule has 0 fully saturated rings. The molecule has 0 aromatic heterocycles. The molecule has 16 nitrogen and oxygen atoms in total. The number of amides is 2. The van der Waals surface area contributed by atoms with Gasteiger partial charge in [0.2, 0.25) is 0 Å². The maximum absolute atomic E-state index is 13.6. The van der Waals surface area contributed by atoms with E-state index in [1.807, 2.05) is 0 Å². The van der Waals surface area contributed by atoms with Crippen LogP contribution in [0.15, 0.2) is 109 Å². The molecule has 0 atom stereocenters. The van der Waals surface area contributed by atoms with E-state index < -0.39 is 23.8 Å². The third-order valence-corrected chi connectivity index (χ3v) is 10.5. The summed E-state index contributed by atoms with van der Waals surface area (Å²) in [5.41, 5.74) is 2.75. The minimum Gasteiger partial charge on any atom is -0.496 e. The Morgan fingerprint density at radius 1 is 0.426 bits per heavy atom. The molecular weight excluding hydrogens is 877 g/mol. The largest absolute Gasteiger partial charge is 0.496 e. The number of ether oxygens (including phenoxy) is 9. The van der Waals surface area contributed by atoms with Gasteiger partial charge in [0.1, 0.15) is 28.7 Å². The Balaban J connectivity index is 1.06. The lowest BCUT2D eigenvalue weighted by Gasteiger charge is -2.22. The number of methoxy groups -OCH3 is 7. The lowest BCUT2D eigenvalue weighted by atomic mass is 10.1. The van der Waals surface area contributed by atoms with Gasteiger partial charge in [-0.1, -0.05) is 11.8 Å². The first-order valence-corrected chi connectivity index (χ1v) is 20.4. The highest BCUT2D eigenvalue weighted by molar-refractivity contribution is 6.11. The first-order valence-electron chi connectivity index (χ1n) is 20.4. The molecule has 0 saturated carbocycles. The third kappa shape index (κ3) is 10.6. The van der Waals surface area contributed by atoms with Gasteiger partial charge in [-0.25, -0.2) is 9.59 Å². The molecule has 0 aliphatic carbocycles. The molecule has 2 amide bonds. The van der Waals surface area contributed by atoms with E-state index in [1.165, 1.54) is 115 Å². The van der Waals surface area contributed by atoms with Gasteiger partial charge in [-0.2, -0.15) is 0 Å². The Morgan fingerprint density at radius 3 is 1.19 bits per heavy atom. The highest BCUT2D eigenvalue weighted by atomic mass is 16.5. The third-order valence-electron chi connectivity index (χ3n) is 10.5. The Hall–Kier alpha value is -8.97. The van der Waals surface area contributed by atoms with Crippen molar-refractivity contribution in [2.75, 3.05) is 73.7 Å². The zero-order chi connectivity index (χ0) is 49.1. The average molecular weight is 923 g/mol. The van der Waals surface area contributed by atoms with Crippen molar-refractivity contribution in [2.24, 2.45) is 0 Å². The second-order valence-electron chi connectivity index (χ2n) is 14.4. The van der Waals surface area contributed by atoms with Crippen LogP contribution in [0.1, 0.15) is 62.9 Å². The molecule has 0 N–H and O–H groups in total. The van der Waals surface area contributed by atoms with Gasteiger partial charge in [0.15, 0.2) is 29.3 Å². The first kappa shape index (κ1) is 48.5. The lowest BCUT2D eigenvalue weighted by Crippen LogP contribution is -2.28. The van der Waals surface area contributed by atoms with E-state index in [2.05, 4.69) is 11.8 Å². The lowest BCUT2D eigenvalue weighted by molar-refractivity contribution is 0.0725. The number of carbonyl (C=O) groups is 5.